The van der Waals surface area contributed by atoms with Crippen molar-refractivity contribution in [3.63, 3.8) is 0 Å². The van der Waals surface area contributed by atoms with Crippen molar-refractivity contribution in [2.45, 2.75) is 84.2 Å². The molecule has 1 rings (SSSR count). The molecule has 0 spiro atoms. The molecule has 0 radical (unpaired) electrons. The molecule has 2 atom stereocenters. The molecule has 0 saturated heterocycles. The maximum Gasteiger partial charge on any atom is 0.246 e. The van der Waals surface area contributed by atoms with E-state index in [1.165, 1.54) is 0 Å². The van der Waals surface area contributed by atoms with E-state index in [9.17, 15) is 4.79 Å². The average Bonchev–Trinajstić information content (AvgIpc) is 2.61. The first kappa shape index (κ1) is 23.6. The molecule has 152 valence electrons. The first-order valence-corrected chi connectivity index (χ1v) is 12.4. The smallest absolute Gasteiger partial charge is 0.246 e. The predicted octanol–water partition coefficient (Wildman–Crippen LogP) is 6.34. The molecule has 1 aromatic rings. The molecule has 0 aliphatic heterocycles. The average molecular weight is 390 g/mol. The molecule has 0 heterocycles. The van der Waals surface area contributed by atoms with Gasteiger partial charge >= 0.3 is 0 Å². The van der Waals surface area contributed by atoms with Gasteiger partial charge < -0.3 is 9.33 Å². The van der Waals surface area contributed by atoms with Crippen LogP contribution in [0.3, 0.4) is 0 Å². The molecule has 0 saturated carbocycles. The van der Waals surface area contributed by atoms with Gasteiger partial charge in [0.1, 0.15) is 0 Å². The first-order valence-electron chi connectivity index (χ1n) is 10.2. The Morgan fingerprint density at radius 1 is 0.963 bits per heavy atom. The second-order valence-electron chi connectivity index (χ2n) is 8.46. The van der Waals surface area contributed by atoms with Crippen molar-refractivity contribution in [1.82, 2.24) is 4.90 Å². The number of benzene rings is 1. The molecule has 0 aliphatic rings. The maximum absolute atomic E-state index is 12.5. The standard InChI is InChI=1S/C23H39NO2Si/c1-10-14-22(25)24(9)20(8)23(21-15-12-11-13-16-21)26-27(17(2)3,18(4)5)19(6)7/h10-20,23H,1-9H3/b14-10+/t20-,23+/m0/s1. The molecule has 0 unspecified atom stereocenters. The summed E-state index contributed by atoms with van der Waals surface area (Å²) in [6.45, 7) is 17.8. The third kappa shape index (κ3) is 5.32. The summed E-state index contributed by atoms with van der Waals surface area (Å²) in [6.07, 6.45) is 3.28. The van der Waals surface area contributed by atoms with Gasteiger partial charge in [-0.05, 0) is 42.1 Å². The summed E-state index contributed by atoms with van der Waals surface area (Å²) < 4.78 is 7.14. The van der Waals surface area contributed by atoms with Crippen LogP contribution in [0.1, 0.15) is 67.1 Å². The van der Waals surface area contributed by atoms with Gasteiger partial charge in [-0.3, -0.25) is 4.79 Å². The summed E-state index contributed by atoms with van der Waals surface area (Å²) in [6, 6.07) is 10.3. The number of carbonyl (C=O) groups excluding carboxylic acids is 1. The molecule has 0 fully saturated rings. The topological polar surface area (TPSA) is 29.5 Å². The maximum atomic E-state index is 12.5. The van der Waals surface area contributed by atoms with E-state index in [4.69, 9.17) is 4.43 Å². The summed E-state index contributed by atoms with van der Waals surface area (Å²) in [5.74, 6) is 0.0143. The highest BCUT2D eigenvalue weighted by atomic mass is 28.4. The van der Waals surface area contributed by atoms with Crippen LogP contribution in [-0.4, -0.2) is 32.2 Å². The molecule has 1 amide bonds. The lowest BCUT2D eigenvalue weighted by Crippen LogP contribution is -2.51. The number of hydrogen-bond acceptors (Lipinski definition) is 2. The van der Waals surface area contributed by atoms with E-state index in [0.717, 1.165) is 5.56 Å². The number of rotatable bonds is 9. The second kappa shape index (κ2) is 10.2. The van der Waals surface area contributed by atoms with Gasteiger partial charge in [0, 0.05) is 7.05 Å². The Kier molecular flexibility index (Phi) is 8.96. The van der Waals surface area contributed by atoms with Crippen molar-refractivity contribution in [3.05, 3.63) is 48.0 Å². The summed E-state index contributed by atoms with van der Waals surface area (Å²) in [5.41, 5.74) is 2.62. The monoisotopic (exact) mass is 389 g/mol. The number of nitrogens with zero attached hydrogens (tertiary/aromatic N) is 1. The van der Waals surface area contributed by atoms with Crippen LogP contribution in [0.15, 0.2) is 42.5 Å². The van der Waals surface area contributed by atoms with Crippen molar-refractivity contribution in [2.75, 3.05) is 7.05 Å². The third-order valence-electron chi connectivity index (χ3n) is 5.87. The molecule has 1 aromatic carbocycles. The molecule has 0 bridgehead atoms. The van der Waals surface area contributed by atoms with Crippen molar-refractivity contribution >= 4 is 14.2 Å². The Morgan fingerprint density at radius 3 is 1.85 bits per heavy atom. The van der Waals surface area contributed by atoms with E-state index < -0.39 is 8.32 Å². The predicted molar refractivity (Wildman–Crippen MR) is 118 cm³/mol. The third-order valence-corrected chi connectivity index (χ3v) is 11.9. The van der Waals surface area contributed by atoms with Crippen LogP contribution in [0.5, 0.6) is 0 Å². The zero-order valence-electron chi connectivity index (χ0n) is 18.7. The van der Waals surface area contributed by atoms with Gasteiger partial charge in [-0.25, -0.2) is 0 Å². The molecule has 0 aromatic heterocycles. The molecule has 0 N–H and O–H groups in total. The normalized spacial score (nSPS) is 15.0. The van der Waals surface area contributed by atoms with Crippen LogP contribution in [0.4, 0.5) is 0 Å². The highest BCUT2D eigenvalue weighted by Crippen LogP contribution is 2.46. The molecule has 27 heavy (non-hydrogen) atoms. The number of allylic oxidation sites excluding steroid dienone is 1. The minimum Gasteiger partial charge on any atom is -0.407 e. The Balaban J connectivity index is 3.40. The zero-order chi connectivity index (χ0) is 20.8. The van der Waals surface area contributed by atoms with Gasteiger partial charge in [0.2, 0.25) is 14.2 Å². The fraction of sp³-hybridized carbons (Fsp3) is 0.609. The molecule has 3 nitrogen and oxygen atoms in total. The molecular weight excluding hydrogens is 350 g/mol. The number of carbonyl (C=O) groups is 1. The Labute approximate surface area is 167 Å². The van der Waals surface area contributed by atoms with Gasteiger partial charge in [0.15, 0.2) is 0 Å². The summed E-state index contributed by atoms with van der Waals surface area (Å²) in [4.78, 5) is 14.3. The van der Waals surface area contributed by atoms with Gasteiger partial charge in [0.05, 0.1) is 12.1 Å². The summed E-state index contributed by atoms with van der Waals surface area (Å²) in [5, 5.41) is 0. The lowest BCUT2D eigenvalue weighted by atomic mass is 10.0. The molecule has 0 aliphatic carbocycles. The molecular formula is C23H39NO2Si. The first-order chi connectivity index (χ1) is 12.6. The quantitative estimate of drug-likeness (QED) is 0.364. The van der Waals surface area contributed by atoms with Crippen molar-refractivity contribution < 1.29 is 9.22 Å². The lowest BCUT2D eigenvalue weighted by molar-refractivity contribution is -0.128. The molecule has 4 heteroatoms. The van der Waals surface area contributed by atoms with Crippen molar-refractivity contribution in [2.24, 2.45) is 0 Å². The largest absolute Gasteiger partial charge is 0.407 e. The van der Waals surface area contributed by atoms with Crippen LogP contribution in [0.25, 0.3) is 0 Å². The Morgan fingerprint density at radius 2 is 1.44 bits per heavy atom. The summed E-state index contributed by atoms with van der Waals surface area (Å²) in [7, 11) is -0.221. The van der Waals surface area contributed by atoms with Crippen LogP contribution in [0, 0.1) is 0 Å². The minimum absolute atomic E-state index is 0.0143. The van der Waals surface area contributed by atoms with Gasteiger partial charge in [-0.2, -0.15) is 0 Å². The van der Waals surface area contributed by atoms with E-state index >= 15 is 0 Å². The van der Waals surface area contributed by atoms with Gasteiger partial charge in [-0.15, -0.1) is 0 Å². The van der Waals surface area contributed by atoms with Crippen LogP contribution < -0.4 is 0 Å². The highest BCUT2D eigenvalue weighted by molar-refractivity contribution is 6.77. The van der Waals surface area contributed by atoms with E-state index in [2.05, 4.69) is 72.7 Å². The van der Waals surface area contributed by atoms with Crippen LogP contribution in [0.2, 0.25) is 16.6 Å². The van der Waals surface area contributed by atoms with E-state index in [0.29, 0.717) is 16.6 Å². The number of likely N-dealkylation sites (N-methyl/N-ethyl adjacent to an activating group) is 1. The van der Waals surface area contributed by atoms with Crippen LogP contribution in [-0.2, 0) is 9.22 Å². The van der Waals surface area contributed by atoms with E-state index in [1.807, 2.05) is 20.0 Å². The van der Waals surface area contributed by atoms with Gasteiger partial charge in [-0.1, -0.05) is 78.0 Å². The van der Waals surface area contributed by atoms with Gasteiger partial charge in [0.25, 0.3) is 0 Å². The minimum atomic E-state index is -2.09. The fourth-order valence-electron chi connectivity index (χ4n) is 4.38. The number of hydrogen-bond donors (Lipinski definition) is 0. The van der Waals surface area contributed by atoms with Crippen molar-refractivity contribution in [1.29, 1.82) is 0 Å². The summed E-state index contributed by atoms with van der Waals surface area (Å²) >= 11 is 0. The van der Waals surface area contributed by atoms with E-state index in [1.54, 1.807) is 17.1 Å². The lowest BCUT2D eigenvalue weighted by Gasteiger charge is -2.47. The van der Waals surface area contributed by atoms with Crippen LogP contribution >= 0.6 is 0 Å². The van der Waals surface area contributed by atoms with Crippen molar-refractivity contribution in [3.8, 4) is 0 Å². The zero-order valence-corrected chi connectivity index (χ0v) is 19.7. The van der Waals surface area contributed by atoms with E-state index in [-0.39, 0.29) is 18.1 Å². The SMILES string of the molecule is C/C=C/C(=O)N(C)[C@@H](C)[C@@H](O[Si](C(C)C)(C(C)C)C(C)C)c1ccccc1. The Hall–Kier alpha value is -1.39. The highest BCUT2D eigenvalue weighted by Gasteiger charge is 2.48. The fourth-order valence-corrected chi connectivity index (χ4v) is 9.97. The Bertz CT molecular complexity index is 588. The number of amides is 1. The second-order valence-corrected chi connectivity index (χ2v) is 13.9.